The molecule has 2 saturated carbocycles. The molecule has 3 aromatic heterocycles. The van der Waals surface area contributed by atoms with E-state index < -0.39 is 21.4 Å². The molecule has 3 aromatic rings. The van der Waals surface area contributed by atoms with Gasteiger partial charge in [0.25, 0.3) is 0 Å². The summed E-state index contributed by atoms with van der Waals surface area (Å²) >= 11 is 0. The first-order valence-corrected chi connectivity index (χ1v) is 13.1. The normalized spacial score (nSPS) is 18.6. The van der Waals surface area contributed by atoms with Crippen LogP contribution in [0.3, 0.4) is 0 Å². The second-order valence-electron chi connectivity index (χ2n) is 9.22. The number of nitrogens with one attached hydrogen (secondary N) is 1. The summed E-state index contributed by atoms with van der Waals surface area (Å²) in [6.07, 6.45) is 6.40. The van der Waals surface area contributed by atoms with E-state index in [1.165, 1.54) is 13.3 Å². The molecule has 186 valence electrons. The van der Waals surface area contributed by atoms with E-state index in [0.717, 1.165) is 31.4 Å². The van der Waals surface area contributed by atoms with Gasteiger partial charge in [-0.25, -0.2) is 13.4 Å². The Bertz CT molecular complexity index is 1320. The van der Waals surface area contributed by atoms with E-state index in [0.29, 0.717) is 29.0 Å². The maximum absolute atomic E-state index is 13.5. The van der Waals surface area contributed by atoms with Crippen molar-refractivity contribution < 1.29 is 17.9 Å². The van der Waals surface area contributed by atoms with Crippen LogP contribution in [-0.2, 0) is 20.3 Å². The quantitative estimate of drug-likeness (QED) is 0.447. The summed E-state index contributed by atoms with van der Waals surface area (Å²) in [5, 5.41) is 7.68. The Morgan fingerprint density at radius 1 is 1.14 bits per heavy atom. The molecule has 0 aromatic carbocycles. The van der Waals surface area contributed by atoms with Gasteiger partial charge in [-0.05, 0) is 51.5 Å². The predicted octanol–water partition coefficient (Wildman–Crippen LogP) is 2.86. The van der Waals surface area contributed by atoms with Crippen molar-refractivity contribution in [3.8, 4) is 17.4 Å². The standard InChI is InChI=1S/C23H29N7O4S/c1-14-12-25-18(13-24-14)20(34-4)15(2)35(31,32)29-22-28-27-21(17-6-5-7-19(26-17)33-3)30(22)23(10-11-23)16-8-9-16/h5-7,12-13,15-16,20H,8-11H2,1-4H3,(H,28,29)/t15-,20-/m0/s1. The minimum Gasteiger partial charge on any atom is -0.481 e. The molecular weight excluding hydrogens is 470 g/mol. The molecule has 5 rings (SSSR count). The first-order chi connectivity index (χ1) is 16.8. The summed E-state index contributed by atoms with van der Waals surface area (Å²) in [7, 11) is -0.928. The van der Waals surface area contributed by atoms with Crippen LogP contribution in [0.5, 0.6) is 5.88 Å². The molecule has 2 aliphatic rings. The van der Waals surface area contributed by atoms with Gasteiger partial charge in [0.1, 0.15) is 17.0 Å². The van der Waals surface area contributed by atoms with Crippen LogP contribution in [0.25, 0.3) is 11.5 Å². The fourth-order valence-corrected chi connectivity index (χ4v) is 5.79. The fraction of sp³-hybridized carbons (Fsp3) is 0.522. The van der Waals surface area contributed by atoms with Crippen molar-refractivity contribution in [3.63, 3.8) is 0 Å². The van der Waals surface area contributed by atoms with E-state index in [-0.39, 0.29) is 11.5 Å². The highest BCUT2D eigenvalue weighted by molar-refractivity contribution is 7.93. The number of aryl methyl sites for hydroxylation is 1. The Balaban J connectivity index is 1.51. The molecule has 12 heteroatoms. The van der Waals surface area contributed by atoms with Gasteiger partial charge in [0.05, 0.1) is 30.2 Å². The maximum Gasteiger partial charge on any atom is 0.240 e. The highest BCUT2D eigenvalue weighted by atomic mass is 32.2. The number of anilines is 1. The lowest BCUT2D eigenvalue weighted by molar-refractivity contribution is 0.0985. The molecule has 0 amide bonds. The topological polar surface area (TPSA) is 134 Å². The third-order valence-corrected chi connectivity index (χ3v) is 8.56. The first kappa shape index (κ1) is 23.6. The van der Waals surface area contributed by atoms with E-state index in [4.69, 9.17) is 9.47 Å². The molecule has 0 saturated heterocycles. The summed E-state index contributed by atoms with van der Waals surface area (Å²) in [6, 6.07) is 5.40. The number of aromatic nitrogens is 6. The van der Waals surface area contributed by atoms with Gasteiger partial charge >= 0.3 is 0 Å². The molecule has 2 fully saturated rings. The van der Waals surface area contributed by atoms with Gasteiger partial charge in [0.2, 0.25) is 21.9 Å². The van der Waals surface area contributed by atoms with Crippen LogP contribution in [0, 0.1) is 12.8 Å². The van der Waals surface area contributed by atoms with Crippen molar-refractivity contribution in [2.24, 2.45) is 5.92 Å². The van der Waals surface area contributed by atoms with E-state index >= 15 is 0 Å². The van der Waals surface area contributed by atoms with Crippen LogP contribution in [-0.4, -0.2) is 57.6 Å². The monoisotopic (exact) mass is 499 g/mol. The zero-order valence-corrected chi connectivity index (χ0v) is 21.0. The minimum absolute atomic E-state index is 0.186. The number of rotatable bonds is 10. The van der Waals surface area contributed by atoms with Gasteiger partial charge < -0.3 is 9.47 Å². The molecule has 0 bridgehead atoms. The second kappa shape index (κ2) is 8.83. The summed E-state index contributed by atoms with van der Waals surface area (Å²) < 4.78 is 42.5. The molecule has 0 aliphatic heterocycles. The number of methoxy groups -OCH3 is 2. The number of hydrogen-bond donors (Lipinski definition) is 1. The van der Waals surface area contributed by atoms with E-state index in [1.807, 2.05) is 23.6 Å². The van der Waals surface area contributed by atoms with Crippen LogP contribution >= 0.6 is 0 Å². The van der Waals surface area contributed by atoms with Crippen LogP contribution in [0.1, 0.15) is 50.1 Å². The average Bonchev–Trinajstić information content (AvgIpc) is 3.78. The Morgan fingerprint density at radius 3 is 2.51 bits per heavy atom. The number of nitrogens with zero attached hydrogens (tertiary/aromatic N) is 6. The zero-order valence-electron chi connectivity index (χ0n) is 20.2. The summed E-state index contributed by atoms with van der Waals surface area (Å²) in [5.41, 5.74) is 1.55. The summed E-state index contributed by atoms with van der Waals surface area (Å²) in [6.45, 7) is 3.40. The molecule has 35 heavy (non-hydrogen) atoms. The number of ether oxygens (including phenoxy) is 2. The zero-order chi connectivity index (χ0) is 24.8. The molecule has 2 aliphatic carbocycles. The van der Waals surface area contributed by atoms with Crippen LogP contribution in [0.4, 0.5) is 5.95 Å². The maximum atomic E-state index is 13.5. The molecule has 11 nitrogen and oxygen atoms in total. The van der Waals surface area contributed by atoms with Crippen molar-refractivity contribution in [2.75, 3.05) is 18.9 Å². The summed E-state index contributed by atoms with van der Waals surface area (Å²) in [5.74, 6) is 1.63. The SMILES string of the molecule is COc1cccc(-c2nnc(NS(=O)(=O)[C@@H](C)[C@H](OC)c3cnc(C)cn3)n2C2(C3CC3)CC2)n1. The van der Waals surface area contributed by atoms with Gasteiger partial charge in [0.15, 0.2) is 5.82 Å². The van der Waals surface area contributed by atoms with Crippen LogP contribution < -0.4 is 9.46 Å². The van der Waals surface area contributed by atoms with Gasteiger partial charge in [-0.1, -0.05) is 6.07 Å². The minimum atomic E-state index is -3.94. The molecular formula is C23H29N7O4S. The highest BCUT2D eigenvalue weighted by Crippen LogP contribution is 2.61. The Kier molecular flexibility index (Phi) is 5.96. The van der Waals surface area contributed by atoms with Crippen molar-refractivity contribution in [3.05, 3.63) is 42.0 Å². The Labute approximate surface area is 204 Å². The van der Waals surface area contributed by atoms with Crippen LogP contribution in [0.2, 0.25) is 0 Å². The predicted molar refractivity (Wildman–Crippen MR) is 128 cm³/mol. The molecule has 3 heterocycles. The lowest BCUT2D eigenvalue weighted by Crippen LogP contribution is -2.34. The van der Waals surface area contributed by atoms with Crippen molar-refractivity contribution in [1.82, 2.24) is 29.7 Å². The van der Waals surface area contributed by atoms with E-state index in [2.05, 4.69) is 29.9 Å². The number of pyridine rings is 1. The van der Waals surface area contributed by atoms with Crippen LogP contribution in [0.15, 0.2) is 30.6 Å². The van der Waals surface area contributed by atoms with Crippen molar-refractivity contribution in [2.45, 2.75) is 56.4 Å². The van der Waals surface area contributed by atoms with Crippen molar-refractivity contribution in [1.29, 1.82) is 0 Å². The van der Waals surface area contributed by atoms with Gasteiger partial charge in [-0.3, -0.25) is 19.3 Å². The molecule has 0 spiro atoms. The largest absolute Gasteiger partial charge is 0.481 e. The average molecular weight is 500 g/mol. The molecule has 2 atom stereocenters. The second-order valence-corrected chi connectivity index (χ2v) is 11.3. The molecule has 0 radical (unpaired) electrons. The lowest BCUT2D eigenvalue weighted by Gasteiger charge is -2.25. The Morgan fingerprint density at radius 2 is 1.91 bits per heavy atom. The van der Waals surface area contributed by atoms with Crippen molar-refractivity contribution >= 4 is 16.0 Å². The van der Waals surface area contributed by atoms with Gasteiger partial charge in [0, 0.05) is 19.4 Å². The Hall–Kier alpha value is -3.12. The number of sulfonamides is 1. The van der Waals surface area contributed by atoms with E-state index in [9.17, 15) is 8.42 Å². The molecule has 1 N–H and O–H groups in total. The highest BCUT2D eigenvalue weighted by Gasteiger charge is 2.57. The van der Waals surface area contributed by atoms with Gasteiger partial charge in [-0.15, -0.1) is 10.2 Å². The number of hydrogen-bond acceptors (Lipinski definition) is 9. The summed E-state index contributed by atoms with van der Waals surface area (Å²) in [4.78, 5) is 13.1. The smallest absolute Gasteiger partial charge is 0.240 e. The molecule has 0 unspecified atom stereocenters. The fourth-order valence-electron chi connectivity index (χ4n) is 4.64. The third kappa shape index (κ3) is 4.36. The lowest BCUT2D eigenvalue weighted by atomic mass is 10.1. The third-order valence-electron chi connectivity index (χ3n) is 6.87. The first-order valence-electron chi connectivity index (χ1n) is 11.6. The van der Waals surface area contributed by atoms with Gasteiger partial charge in [-0.2, -0.15) is 0 Å². The van der Waals surface area contributed by atoms with E-state index in [1.54, 1.807) is 26.3 Å².